The van der Waals surface area contributed by atoms with Gasteiger partial charge in [-0.3, -0.25) is 4.79 Å². The van der Waals surface area contributed by atoms with Crippen LogP contribution in [-0.2, 0) is 14.8 Å². The number of likely N-dealkylation sites (N-methyl/N-ethyl adjacent to an activating group) is 2. The highest BCUT2D eigenvalue weighted by Gasteiger charge is 2.32. The summed E-state index contributed by atoms with van der Waals surface area (Å²) in [5.74, 6) is -0.877. The number of sulfonamides is 1. The maximum absolute atomic E-state index is 12.1. The number of hydrogen-bond donors (Lipinski definition) is 0. The number of carbonyl (C=O) groups excluding carboxylic acids is 1. The molecule has 5 nitrogen and oxygen atoms in total. The lowest BCUT2D eigenvalue weighted by Crippen LogP contribution is -2.44. The first-order chi connectivity index (χ1) is 7.47. The number of carbonyl (C=O) groups is 1. The van der Waals surface area contributed by atoms with Gasteiger partial charge in [0.15, 0.2) is 0 Å². The number of nitrogens with zero attached hydrogens (tertiary/aromatic N) is 2. The predicted octanol–water partition coefficient (Wildman–Crippen LogP) is 0.289. The molecular formula is C8H15F3N2O3S. The summed E-state index contributed by atoms with van der Waals surface area (Å²) in [7, 11) is -2.45. The van der Waals surface area contributed by atoms with Crippen molar-refractivity contribution in [2.45, 2.75) is 13.1 Å². The van der Waals surface area contributed by atoms with Gasteiger partial charge in [0, 0.05) is 13.6 Å². The second-order valence-corrected chi connectivity index (χ2v) is 5.63. The SMILES string of the molecule is CCN(CC(F)(F)F)C(=O)CN(C)S(C)(=O)=O. The van der Waals surface area contributed by atoms with Gasteiger partial charge in [0.25, 0.3) is 0 Å². The molecule has 0 fully saturated rings. The lowest BCUT2D eigenvalue weighted by atomic mass is 10.4. The van der Waals surface area contributed by atoms with Crippen molar-refractivity contribution in [3.05, 3.63) is 0 Å². The van der Waals surface area contributed by atoms with Gasteiger partial charge < -0.3 is 4.90 Å². The molecule has 9 heteroatoms. The number of rotatable bonds is 5. The Labute approximate surface area is 98.2 Å². The standard InChI is InChI=1S/C8H15F3N2O3S/c1-4-13(6-8(9,10)11)7(14)5-12(2)17(3,15)16/h4-6H2,1-3H3. The first kappa shape index (κ1) is 16.2. The molecule has 0 aromatic carbocycles. The van der Waals surface area contributed by atoms with Crippen molar-refractivity contribution in [2.75, 3.05) is 32.9 Å². The second-order valence-electron chi connectivity index (χ2n) is 3.54. The smallest absolute Gasteiger partial charge is 0.333 e. The molecule has 1 amide bonds. The molecule has 0 aromatic heterocycles. The predicted molar refractivity (Wildman–Crippen MR) is 55.8 cm³/mol. The average Bonchev–Trinajstić information content (AvgIpc) is 2.10. The summed E-state index contributed by atoms with van der Waals surface area (Å²) in [5, 5.41) is 0. The minimum atomic E-state index is -4.49. The van der Waals surface area contributed by atoms with E-state index in [0.717, 1.165) is 13.3 Å². The molecule has 0 aliphatic rings. The van der Waals surface area contributed by atoms with E-state index in [1.807, 2.05) is 0 Å². The lowest BCUT2D eigenvalue weighted by Gasteiger charge is -2.24. The molecule has 0 saturated carbocycles. The Kier molecular flexibility index (Phi) is 5.40. The van der Waals surface area contributed by atoms with E-state index < -0.39 is 35.2 Å². The van der Waals surface area contributed by atoms with Crippen LogP contribution in [0.4, 0.5) is 13.2 Å². The molecular weight excluding hydrogens is 261 g/mol. The van der Waals surface area contributed by atoms with Crippen molar-refractivity contribution in [1.29, 1.82) is 0 Å². The first-order valence-corrected chi connectivity index (χ1v) is 6.58. The molecule has 17 heavy (non-hydrogen) atoms. The molecule has 102 valence electrons. The van der Waals surface area contributed by atoms with E-state index in [4.69, 9.17) is 0 Å². The molecule has 0 aliphatic heterocycles. The van der Waals surface area contributed by atoms with Crippen LogP contribution in [0.3, 0.4) is 0 Å². The number of halogens is 3. The second kappa shape index (κ2) is 5.67. The fourth-order valence-electron chi connectivity index (χ4n) is 1.00. The normalized spacial score (nSPS) is 12.9. The van der Waals surface area contributed by atoms with Crippen molar-refractivity contribution < 1.29 is 26.4 Å². The van der Waals surface area contributed by atoms with Crippen LogP contribution in [0, 0.1) is 0 Å². The number of amides is 1. The van der Waals surface area contributed by atoms with Gasteiger partial charge in [-0.05, 0) is 6.92 Å². The van der Waals surface area contributed by atoms with Crippen molar-refractivity contribution in [3.8, 4) is 0 Å². The Morgan fingerprint density at radius 1 is 1.29 bits per heavy atom. The lowest BCUT2D eigenvalue weighted by molar-refractivity contribution is -0.160. The van der Waals surface area contributed by atoms with Crippen LogP contribution in [0.5, 0.6) is 0 Å². The topological polar surface area (TPSA) is 57.7 Å². The minimum absolute atomic E-state index is 0.129. The van der Waals surface area contributed by atoms with Crippen molar-refractivity contribution in [3.63, 3.8) is 0 Å². The summed E-state index contributed by atoms with van der Waals surface area (Å²) in [4.78, 5) is 12.0. The molecule has 0 spiro atoms. The van der Waals surface area contributed by atoms with E-state index in [1.165, 1.54) is 6.92 Å². The quantitative estimate of drug-likeness (QED) is 0.725. The van der Waals surface area contributed by atoms with E-state index in [1.54, 1.807) is 0 Å². The Hall–Kier alpha value is -0.830. The molecule has 0 atom stereocenters. The van der Waals surface area contributed by atoms with Crippen LogP contribution in [0.1, 0.15) is 6.92 Å². The third-order valence-electron chi connectivity index (χ3n) is 2.03. The van der Waals surface area contributed by atoms with E-state index in [0.29, 0.717) is 9.21 Å². The van der Waals surface area contributed by atoms with Crippen LogP contribution in [0.2, 0.25) is 0 Å². The fourth-order valence-corrected chi connectivity index (χ4v) is 1.35. The molecule has 0 aromatic rings. The molecule has 0 saturated heterocycles. The highest BCUT2D eigenvalue weighted by Crippen LogP contribution is 2.16. The Morgan fingerprint density at radius 3 is 2.06 bits per heavy atom. The van der Waals surface area contributed by atoms with Gasteiger partial charge in [-0.1, -0.05) is 0 Å². The van der Waals surface area contributed by atoms with Crippen LogP contribution in [0.15, 0.2) is 0 Å². The Balaban J connectivity index is 4.58. The molecule has 0 N–H and O–H groups in total. The van der Waals surface area contributed by atoms with Gasteiger partial charge in [0.1, 0.15) is 6.54 Å². The van der Waals surface area contributed by atoms with Crippen LogP contribution in [-0.4, -0.2) is 62.6 Å². The van der Waals surface area contributed by atoms with Gasteiger partial charge in [0.05, 0.1) is 12.8 Å². The molecule has 0 radical (unpaired) electrons. The third kappa shape index (κ3) is 6.47. The van der Waals surface area contributed by atoms with Crippen molar-refractivity contribution >= 4 is 15.9 Å². The molecule has 0 aliphatic carbocycles. The zero-order valence-corrected chi connectivity index (χ0v) is 10.6. The fraction of sp³-hybridized carbons (Fsp3) is 0.875. The van der Waals surface area contributed by atoms with Gasteiger partial charge in [-0.15, -0.1) is 0 Å². The summed E-state index contributed by atoms with van der Waals surface area (Å²) in [6.07, 6.45) is -3.62. The van der Waals surface area contributed by atoms with Crippen molar-refractivity contribution in [1.82, 2.24) is 9.21 Å². The minimum Gasteiger partial charge on any atom is -0.333 e. The molecule has 0 unspecified atom stereocenters. The summed E-state index contributed by atoms with van der Waals surface area (Å²) in [6.45, 7) is -0.706. The van der Waals surface area contributed by atoms with Crippen LogP contribution in [0.25, 0.3) is 0 Å². The number of alkyl halides is 3. The van der Waals surface area contributed by atoms with Gasteiger partial charge in [0.2, 0.25) is 15.9 Å². The first-order valence-electron chi connectivity index (χ1n) is 4.73. The summed E-state index contributed by atoms with van der Waals surface area (Å²) in [5.41, 5.74) is 0. The Morgan fingerprint density at radius 2 is 1.76 bits per heavy atom. The van der Waals surface area contributed by atoms with Crippen LogP contribution >= 0.6 is 0 Å². The summed E-state index contributed by atoms with van der Waals surface area (Å²) in [6, 6.07) is 0. The molecule has 0 rings (SSSR count). The molecule has 0 bridgehead atoms. The average molecular weight is 276 g/mol. The highest BCUT2D eigenvalue weighted by molar-refractivity contribution is 7.88. The maximum atomic E-state index is 12.1. The van der Waals surface area contributed by atoms with E-state index in [2.05, 4.69) is 0 Å². The zero-order chi connectivity index (χ0) is 13.9. The maximum Gasteiger partial charge on any atom is 0.406 e. The zero-order valence-electron chi connectivity index (χ0n) is 9.78. The van der Waals surface area contributed by atoms with E-state index in [-0.39, 0.29) is 6.54 Å². The third-order valence-corrected chi connectivity index (χ3v) is 3.29. The van der Waals surface area contributed by atoms with Crippen molar-refractivity contribution in [2.24, 2.45) is 0 Å². The summed E-state index contributed by atoms with van der Waals surface area (Å²) < 4.78 is 59.0. The monoisotopic (exact) mass is 276 g/mol. The van der Waals surface area contributed by atoms with Gasteiger partial charge >= 0.3 is 6.18 Å². The van der Waals surface area contributed by atoms with Gasteiger partial charge in [-0.25, -0.2) is 8.42 Å². The van der Waals surface area contributed by atoms with Gasteiger partial charge in [-0.2, -0.15) is 17.5 Å². The largest absolute Gasteiger partial charge is 0.406 e. The number of hydrogen-bond acceptors (Lipinski definition) is 3. The highest BCUT2D eigenvalue weighted by atomic mass is 32.2. The Bertz CT molecular complexity index is 367. The van der Waals surface area contributed by atoms with E-state index >= 15 is 0 Å². The van der Waals surface area contributed by atoms with E-state index in [9.17, 15) is 26.4 Å². The molecule has 0 heterocycles. The summed E-state index contributed by atoms with van der Waals surface area (Å²) >= 11 is 0. The van der Waals surface area contributed by atoms with Crippen LogP contribution < -0.4 is 0 Å².